The van der Waals surface area contributed by atoms with Crippen molar-refractivity contribution in [2.45, 2.75) is 17.7 Å². The molecule has 1 N–H and O–H groups in total. The first kappa shape index (κ1) is 18.0. The molecule has 0 aliphatic carbocycles. The maximum atomic E-state index is 12.6. The van der Waals surface area contributed by atoms with Gasteiger partial charge in [-0.1, -0.05) is 29.3 Å². The molecule has 0 spiro atoms. The Labute approximate surface area is 141 Å². The molecule has 2 rings (SSSR count). The quantitative estimate of drug-likeness (QED) is 0.876. The highest BCUT2D eigenvalue weighted by molar-refractivity contribution is 7.83. The largest absolute Gasteiger partial charge is 0.433 e. The van der Waals surface area contributed by atoms with Gasteiger partial charge in [-0.05, 0) is 12.1 Å². The first-order valence-corrected chi connectivity index (χ1v) is 8.36. The molecule has 1 heterocycles. The van der Waals surface area contributed by atoms with E-state index < -0.39 is 28.2 Å². The van der Waals surface area contributed by atoms with Gasteiger partial charge in [-0.25, -0.2) is 4.98 Å². The van der Waals surface area contributed by atoms with E-state index >= 15 is 0 Å². The number of alkyl halides is 3. The summed E-state index contributed by atoms with van der Waals surface area (Å²) in [6.45, 7) is 0. The second-order valence-electron chi connectivity index (χ2n) is 4.50. The fourth-order valence-electron chi connectivity index (χ4n) is 1.76. The van der Waals surface area contributed by atoms with Crippen molar-refractivity contribution in [2.75, 3.05) is 0 Å². The van der Waals surface area contributed by atoms with Crippen LogP contribution in [0.5, 0.6) is 0 Å². The SMILES string of the molecule is O=c1cc(C(F)(F)F)nc(CS(=O)Cc2c(Cl)cccc2Cl)[nH]1. The number of benzene rings is 1. The predicted molar refractivity (Wildman–Crippen MR) is 81.9 cm³/mol. The standard InChI is InChI=1S/C13H9Cl2F3N2O2S/c14-8-2-1-3-9(15)7(8)5-23(22)6-11-19-10(13(16,17)18)4-12(21)20-11/h1-4H,5-6H2,(H,19,20,21). The molecule has 1 unspecified atom stereocenters. The van der Waals surface area contributed by atoms with Crippen molar-refractivity contribution in [1.82, 2.24) is 9.97 Å². The lowest BCUT2D eigenvalue weighted by atomic mass is 10.2. The van der Waals surface area contributed by atoms with Crippen LogP contribution in [0.2, 0.25) is 10.0 Å². The number of H-pyrrole nitrogens is 1. The van der Waals surface area contributed by atoms with Crippen molar-refractivity contribution in [3.05, 3.63) is 61.7 Å². The van der Waals surface area contributed by atoms with Gasteiger partial charge in [-0.3, -0.25) is 9.00 Å². The Morgan fingerprint density at radius 3 is 2.35 bits per heavy atom. The van der Waals surface area contributed by atoms with E-state index in [0.29, 0.717) is 21.7 Å². The van der Waals surface area contributed by atoms with Crippen LogP contribution in [0.1, 0.15) is 17.1 Å². The third kappa shape index (κ3) is 4.79. The van der Waals surface area contributed by atoms with Gasteiger partial charge in [-0.15, -0.1) is 0 Å². The molecule has 1 aromatic heterocycles. The number of nitrogens with zero attached hydrogens (tertiary/aromatic N) is 1. The van der Waals surface area contributed by atoms with E-state index in [1.165, 1.54) is 0 Å². The average molecular weight is 385 g/mol. The van der Waals surface area contributed by atoms with Gasteiger partial charge in [0.2, 0.25) is 0 Å². The summed E-state index contributed by atoms with van der Waals surface area (Å²) >= 11 is 11.9. The number of rotatable bonds is 4. The van der Waals surface area contributed by atoms with Gasteiger partial charge >= 0.3 is 6.18 Å². The van der Waals surface area contributed by atoms with Crippen LogP contribution in [0.25, 0.3) is 0 Å². The van der Waals surface area contributed by atoms with E-state index in [1.54, 1.807) is 18.2 Å². The minimum atomic E-state index is -4.75. The van der Waals surface area contributed by atoms with Crippen molar-refractivity contribution < 1.29 is 17.4 Å². The molecule has 0 aliphatic heterocycles. The zero-order valence-corrected chi connectivity index (χ0v) is 13.6. The fourth-order valence-corrected chi connectivity index (χ4v) is 3.62. The minimum Gasteiger partial charge on any atom is -0.310 e. The third-order valence-electron chi connectivity index (χ3n) is 2.75. The Kier molecular flexibility index (Phi) is 5.49. The number of nitrogens with one attached hydrogen (secondary N) is 1. The highest BCUT2D eigenvalue weighted by Gasteiger charge is 2.33. The van der Waals surface area contributed by atoms with Gasteiger partial charge in [0.15, 0.2) is 5.69 Å². The molecule has 10 heteroatoms. The van der Waals surface area contributed by atoms with Crippen LogP contribution in [0.15, 0.2) is 29.1 Å². The summed E-state index contributed by atoms with van der Waals surface area (Å²) in [7, 11) is -1.65. The molecule has 4 nitrogen and oxygen atoms in total. The van der Waals surface area contributed by atoms with Crippen LogP contribution < -0.4 is 5.56 Å². The van der Waals surface area contributed by atoms with Crippen LogP contribution in [-0.4, -0.2) is 14.2 Å². The first-order chi connectivity index (χ1) is 10.7. The number of halogens is 5. The molecule has 0 amide bonds. The third-order valence-corrected chi connectivity index (χ3v) is 4.66. The molecule has 2 aromatic rings. The van der Waals surface area contributed by atoms with E-state index in [2.05, 4.69) is 9.97 Å². The summed E-state index contributed by atoms with van der Waals surface area (Å²) in [5, 5.41) is 0.604. The van der Waals surface area contributed by atoms with E-state index in [-0.39, 0.29) is 17.3 Å². The molecule has 124 valence electrons. The molecule has 0 saturated carbocycles. The van der Waals surface area contributed by atoms with Gasteiger partial charge in [0.05, 0.1) is 11.5 Å². The van der Waals surface area contributed by atoms with E-state index in [9.17, 15) is 22.2 Å². The Hall–Kier alpha value is -1.38. The Morgan fingerprint density at radius 1 is 1.17 bits per heavy atom. The van der Waals surface area contributed by atoms with Crippen LogP contribution in [0.4, 0.5) is 13.2 Å². The van der Waals surface area contributed by atoms with Gasteiger partial charge in [0.25, 0.3) is 5.56 Å². The van der Waals surface area contributed by atoms with Crippen LogP contribution in [0, 0.1) is 0 Å². The maximum Gasteiger partial charge on any atom is 0.433 e. The lowest BCUT2D eigenvalue weighted by Crippen LogP contribution is -2.19. The fraction of sp³-hybridized carbons (Fsp3) is 0.231. The molecular weight excluding hydrogens is 376 g/mol. The zero-order valence-electron chi connectivity index (χ0n) is 11.3. The molecule has 0 aliphatic rings. The van der Waals surface area contributed by atoms with Gasteiger partial charge < -0.3 is 4.98 Å². The molecule has 1 atom stereocenters. The van der Waals surface area contributed by atoms with E-state index in [4.69, 9.17) is 23.2 Å². The predicted octanol–water partition coefficient (Wildman–Crippen LogP) is 3.54. The molecule has 1 aromatic carbocycles. The average Bonchev–Trinajstić information content (AvgIpc) is 2.41. The van der Waals surface area contributed by atoms with Crippen molar-refractivity contribution in [1.29, 1.82) is 0 Å². The van der Waals surface area contributed by atoms with Crippen LogP contribution in [-0.2, 0) is 28.5 Å². The molecule has 0 fully saturated rings. The summed E-state index contributed by atoms with van der Waals surface area (Å²) in [5.74, 6) is -0.745. The smallest absolute Gasteiger partial charge is 0.310 e. The van der Waals surface area contributed by atoms with Gasteiger partial charge in [-0.2, -0.15) is 13.2 Å². The maximum absolute atomic E-state index is 12.6. The summed E-state index contributed by atoms with van der Waals surface area (Å²) < 4.78 is 49.9. The number of hydrogen-bond donors (Lipinski definition) is 1. The second kappa shape index (κ2) is 7.02. The first-order valence-electron chi connectivity index (χ1n) is 6.12. The minimum absolute atomic E-state index is 0.0710. The summed E-state index contributed by atoms with van der Waals surface area (Å²) in [4.78, 5) is 16.7. The lowest BCUT2D eigenvalue weighted by molar-refractivity contribution is -0.141. The zero-order chi connectivity index (χ0) is 17.2. The number of hydrogen-bond acceptors (Lipinski definition) is 3. The van der Waals surface area contributed by atoms with E-state index in [1.807, 2.05) is 0 Å². The van der Waals surface area contributed by atoms with Crippen molar-refractivity contribution in [2.24, 2.45) is 0 Å². The number of aromatic nitrogens is 2. The second-order valence-corrected chi connectivity index (χ2v) is 6.78. The normalized spacial score (nSPS) is 13.1. The molecule has 0 radical (unpaired) electrons. The summed E-state index contributed by atoms with van der Waals surface area (Å²) in [6, 6.07) is 5.08. The van der Waals surface area contributed by atoms with Crippen LogP contribution in [0.3, 0.4) is 0 Å². The van der Waals surface area contributed by atoms with Gasteiger partial charge in [0.1, 0.15) is 5.82 Å². The summed E-state index contributed by atoms with van der Waals surface area (Å²) in [5.41, 5.74) is -1.87. The molecule has 0 saturated heterocycles. The monoisotopic (exact) mass is 384 g/mol. The number of aromatic amines is 1. The van der Waals surface area contributed by atoms with Crippen LogP contribution >= 0.6 is 23.2 Å². The Morgan fingerprint density at radius 2 is 1.78 bits per heavy atom. The topological polar surface area (TPSA) is 62.8 Å². The highest BCUT2D eigenvalue weighted by atomic mass is 35.5. The Balaban J connectivity index is 2.21. The van der Waals surface area contributed by atoms with E-state index in [0.717, 1.165) is 0 Å². The molecule has 23 heavy (non-hydrogen) atoms. The summed E-state index contributed by atoms with van der Waals surface area (Å²) in [6.07, 6.45) is -4.75. The molecular formula is C13H9Cl2F3N2O2S. The Bertz CT molecular complexity index is 788. The van der Waals surface area contributed by atoms with Crippen molar-refractivity contribution in [3.8, 4) is 0 Å². The van der Waals surface area contributed by atoms with Crippen molar-refractivity contribution in [3.63, 3.8) is 0 Å². The van der Waals surface area contributed by atoms with Crippen molar-refractivity contribution >= 4 is 34.0 Å². The van der Waals surface area contributed by atoms with Gasteiger partial charge in [0, 0.05) is 32.5 Å². The highest BCUT2D eigenvalue weighted by Crippen LogP contribution is 2.27. The molecule has 0 bridgehead atoms. The lowest BCUT2D eigenvalue weighted by Gasteiger charge is -2.09.